The number of nitrogens with one attached hydrogen (secondary N) is 1. The molecule has 8 heteroatoms. The number of likely N-dealkylation sites (tertiary alicyclic amines) is 1. The van der Waals surface area contributed by atoms with Gasteiger partial charge in [0.15, 0.2) is 11.2 Å². The standard InChI is InChI=1S/C17H27N5O3/c1-4-5-7-22-15-14(16(24)19-17(22)25)20(3)13(18-15)10-21-8-6-11(2)12(23)9-21/h11-12,23H,4-10H2,1-3H3,(H,19,24,25). The molecule has 3 heterocycles. The van der Waals surface area contributed by atoms with Gasteiger partial charge < -0.3 is 9.67 Å². The topological polar surface area (TPSA) is 96.2 Å². The van der Waals surface area contributed by atoms with E-state index in [9.17, 15) is 14.7 Å². The van der Waals surface area contributed by atoms with Gasteiger partial charge in [-0.15, -0.1) is 0 Å². The molecule has 0 amide bonds. The number of aliphatic hydroxyl groups excluding tert-OH is 1. The Balaban J connectivity index is 1.97. The third kappa shape index (κ3) is 3.41. The van der Waals surface area contributed by atoms with Gasteiger partial charge in [-0.05, 0) is 25.3 Å². The largest absolute Gasteiger partial charge is 0.392 e. The molecule has 2 atom stereocenters. The number of rotatable bonds is 5. The molecule has 2 aromatic heterocycles. The number of aryl methyl sites for hydroxylation is 2. The van der Waals surface area contributed by atoms with E-state index in [2.05, 4.69) is 28.7 Å². The first kappa shape index (κ1) is 17.9. The quantitative estimate of drug-likeness (QED) is 0.816. The van der Waals surface area contributed by atoms with Crippen molar-refractivity contribution in [1.82, 2.24) is 24.0 Å². The predicted molar refractivity (Wildman–Crippen MR) is 95.6 cm³/mol. The number of hydrogen-bond acceptors (Lipinski definition) is 5. The van der Waals surface area contributed by atoms with Crippen molar-refractivity contribution in [1.29, 1.82) is 0 Å². The smallest absolute Gasteiger partial charge is 0.330 e. The Hall–Kier alpha value is -1.93. The van der Waals surface area contributed by atoms with Crippen LogP contribution in [-0.4, -0.2) is 48.3 Å². The minimum Gasteiger partial charge on any atom is -0.392 e. The maximum atomic E-state index is 12.3. The van der Waals surface area contributed by atoms with E-state index in [0.29, 0.717) is 36.7 Å². The van der Waals surface area contributed by atoms with E-state index in [1.165, 1.54) is 0 Å². The number of β-amino-alcohol motifs (C(OH)–C–C–N with tert-alkyl or cyclic N) is 1. The van der Waals surface area contributed by atoms with E-state index < -0.39 is 11.2 Å². The molecule has 0 radical (unpaired) electrons. The van der Waals surface area contributed by atoms with Crippen LogP contribution < -0.4 is 11.2 Å². The molecule has 25 heavy (non-hydrogen) atoms. The molecule has 1 saturated heterocycles. The zero-order valence-electron chi connectivity index (χ0n) is 15.2. The maximum Gasteiger partial charge on any atom is 0.330 e. The number of aromatic amines is 1. The van der Waals surface area contributed by atoms with Crippen LogP contribution in [0.4, 0.5) is 0 Å². The van der Waals surface area contributed by atoms with Crippen molar-refractivity contribution in [3.63, 3.8) is 0 Å². The second kappa shape index (κ2) is 7.13. The molecule has 138 valence electrons. The number of aliphatic hydroxyl groups is 1. The van der Waals surface area contributed by atoms with Gasteiger partial charge in [-0.3, -0.25) is 19.2 Å². The van der Waals surface area contributed by atoms with E-state index in [1.54, 1.807) is 16.2 Å². The summed E-state index contributed by atoms with van der Waals surface area (Å²) in [5.41, 5.74) is 0.0707. The summed E-state index contributed by atoms with van der Waals surface area (Å²) < 4.78 is 3.32. The lowest BCUT2D eigenvalue weighted by atomic mass is 9.96. The maximum absolute atomic E-state index is 12.3. The summed E-state index contributed by atoms with van der Waals surface area (Å²) >= 11 is 0. The summed E-state index contributed by atoms with van der Waals surface area (Å²) in [5, 5.41) is 10.1. The summed E-state index contributed by atoms with van der Waals surface area (Å²) in [6.07, 6.45) is 2.40. The van der Waals surface area contributed by atoms with E-state index in [4.69, 9.17) is 0 Å². The molecule has 0 aromatic carbocycles. The minimum atomic E-state index is -0.405. The van der Waals surface area contributed by atoms with Gasteiger partial charge in [0, 0.05) is 20.1 Å². The molecule has 2 aromatic rings. The second-order valence-corrected chi connectivity index (χ2v) is 7.09. The summed E-state index contributed by atoms with van der Waals surface area (Å²) in [6.45, 7) is 6.70. The zero-order chi connectivity index (χ0) is 18.1. The van der Waals surface area contributed by atoms with Crippen molar-refractivity contribution in [2.75, 3.05) is 13.1 Å². The first-order valence-electron chi connectivity index (χ1n) is 9.01. The van der Waals surface area contributed by atoms with Crippen LogP contribution in [-0.2, 0) is 20.1 Å². The van der Waals surface area contributed by atoms with Crippen molar-refractivity contribution < 1.29 is 5.11 Å². The van der Waals surface area contributed by atoms with E-state index in [-0.39, 0.29) is 6.10 Å². The SMILES string of the molecule is CCCCn1c(=O)[nH]c(=O)c2c1nc(CN1CCC(C)C(O)C1)n2C. The van der Waals surface area contributed by atoms with Crippen LogP contribution in [0.2, 0.25) is 0 Å². The van der Waals surface area contributed by atoms with E-state index in [0.717, 1.165) is 31.6 Å². The van der Waals surface area contributed by atoms with Crippen LogP contribution in [0.15, 0.2) is 9.59 Å². The Kier molecular flexibility index (Phi) is 5.10. The Labute approximate surface area is 146 Å². The third-order valence-electron chi connectivity index (χ3n) is 5.21. The Morgan fingerprint density at radius 1 is 1.36 bits per heavy atom. The molecular weight excluding hydrogens is 322 g/mol. The minimum absolute atomic E-state index is 0.304. The van der Waals surface area contributed by atoms with Crippen molar-refractivity contribution in [2.45, 2.75) is 52.3 Å². The fourth-order valence-electron chi connectivity index (χ4n) is 3.41. The summed E-state index contributed by atoms with van der Waals surface area (Å²) in [4.78, 5) is 33.6. The Morgan fingerprint density at radius 2 is 2.12 bits per heavy atom. The van der Waals surface area contributed by atoms with Gasteiger partial charge in [0.05, 0.1) is 12.6 Å². The molecule has 1 fully saturated rings. The lowest BCUT2D eigenvalue weighted by Gasteiger charge is -2.33. The first-order chi connectivity index (χ1) is 11.9. The van der Waals surface area contributed by atoms with E-state index in [1.807, 2.05) is 0 Å². The molecule has 0 bridgehead atoms. The van der Waals surface area contributed by atoms with Gasteiger partial charge in [0.1, 0.15) is 5.82 Å². The molecule has 1 aliphatic rings. The zero-order valence-corrected chi connectivity index (χ0v) is 15.2. The number of unbranched alkanes of at least 4 members (excludes halogenated alkanes) is 1. The number of aromatic nitrogens is 4. The van der Waals surface area contributed by atoms with Crippen LogP contribution in [0, 0.1) is 5.92 Å². The van der Waals surface area contributed by atoms with Crippen LogP contribution in [0.3, 0.4) is 0 Å². The highest BCUT2D eigenvalue weighted by molar-refractivity contribution is 5.70. The predicted octanol–water partition coefficient (Wildman–Crippen LogP) is 0.426. The number of nitrogens with zero attached hydrogens (tertiary/aromatic N) is 4. The Morgan fingerprint density at radius 3 is 2.80 bits per heavy atom. The fraction of sp³-hybridized carbons (Fsp3) is 0.706. The monoisotopic (exact) mass is 349 g/mol. The lowest BCUT2D eigenvalue weighted by Crippen LogP contribution is -2.42. The molecule has 1 aliphatic heterocycles. The molecule has 8 nitrogen and oxygen atoms in total. The number of H-pyrrole nitrogens is 1. The highest BCUT2D eigenvalue weighted by atomic mass is 16.3. The second-order valence-electron chi connectivity index (χ2n) is 7.09. The molecular formula is C17H27N5O3. The number of fused-ring (bicyclic) bond motifs is 1. The number of imidazole rings is 1. The first-order valence-corrected chi connectivity index (χ1v) is 9.01. The molecule has 0 aliphatic carbocycles. The van der Waals surface area contributed by atoms with Crippen molar-refractivity contribution in [3.05, 3.63) is 26.7 Å². The van der Waals surface area contributed by atoms with Gasteiger partial charge in [-0.1, -0.05) is 20.3 Å². The fourth-order valence-corrected chi connectivity index (χ4v) is 3.41. The summed E-state index contributed by atoms with van der Waals surface area (Å²) in [6, 6.07) is 0. The molecule has 2 unspecified atom stereocenters. The summed E-state index contributed by atoms with van der Waals surface area (Å²) in [7, 11) is 1.80. The van der Waals surface area contributed by atoms with Gasteiger partial charge in [0.25, 0.3) is 5.56 Å². The highest BCUT2D eigenvalue weighted by Gasteiger charge is 2.26. The Bertz CT molecular complexity index is 866. The van der Waals surface area contributed by atoms with Crippen LogP contribution in [0.25, 0.3) is 11.2 Å². The molecule has 0 saturated carbocycles. The number of hydrogen-bond donors (Lipinski definition) is 2. The van der Waals surface area contributed by atoms with Crippen LogP contribution in [0.5, 0.6) is 0 Å². The molecule has 3 rings (SSSR count). The van der Waals surface area contributed by atoms with Gasteiger partial charge in [-0.2, -0.15) is 0 Å². The van der Waals surface area contributed by atoms with Crippen molar-refractivity contribution in [2.24, 2.45) is 13.0 Å². The van der Waals surface area contributed by atoms with Crippen LogP contribution >= 0.6 is 0 Å². The van der Waals surface area contributed by atoms with Gasteiger partial charge in [-0.25, -0.2) is 9.78 Å². The molecule has 0 spiro atoms. The molecule has 2 N–H and O–H groups in total. The average Bonchev–Trinajstić information content (AvgIpc) is 2.88. The summed E-state index contributed by atoms with van der Waals surface area (Å²) in [5.74, 6) is 1.04. The highest BCUT2D eigenvalue weighted by Crippen LogP contribution is 2.19. The number of piperidine rings is 1. The normalized spacial score (nSPS) is 21.9. The van der Waals surface area contributed by atoms with Gasteiger partial charge in [0.2, 0.25) is 0 Å². The average molecular weight is 349 g/mol. The van der Waals surface area contributed by atoms with E-state index >= 15 is 0 Å². The van der Waals surface area contributed by atoms with Crippen molar-refractivity contribution in [3.8, 4) is 0 Å². The van der Waals surface area contributed by atoms with Gasteiger partial charge >= 0.3 is 5.69 Å². The van der Waals surface area contributed by atoms with Crippen molar-refractivity contribution >= 4 is 11.2 Å². The lowest BCUT2D eigenvalue weighted by molar-refractivity contribution is 0.0246. The van der Waals surface area contributed by atoms with Crippen LogP contribution in [0.1, 0.15) is 38.9 Å². The third-order valence-corrected chi connectivity index (χ3v) is 5.21.